The minimum Gasteiger partial charge on any atom is -0.388 e. The van der Waals surface area contributed by atoms with Crippen molar-refractivity contribution in [3.8, 4) is 0 Å². The summed E-state index contributed by atoms with van der Waals surface area (Å²) in [7, 11) is 0. The summed E-state index contributed by atoms with van der Waals surface area (Å²) in [5.74, 6) is 1.42. The topological polar surface area (TPSA) is 84.1 Å². The van der Waals surface area contributed by atoms with Crippen LogP contribution in [0, 0.1) is 5.92 Å². The maximum Gasteiger partial charge on any atom is 0.216 e. The minimum absolute atomic E-state index is 0.0339. The molecule has 0 unspecified atom stereocenters. The summed E-state index contributed by atoms with van der Waals surface area (Å²) in [6.07, 6.45) is 5.40. The Morgan fingerprint density at radius 2 is 2.15 bits per heavy atom. The van der Waals surface area contributed by atoms with E-state index < -0.39 is 0 Å². The molecule has 6 nitrogen and oxygen atoms in total. The molecule has 0 bridgehead atoms. The number of nitrogens with zero attached hydrogens (tertiary/aromatic N) is 3. The van der Waals surface area contributed by atoms with Crippen molar-refractivity contribution in [2.45, 2.75) is 19.8 Å². The van der Waals surface area contributed by atoms with Crippen molar-refractivity contribution < 1.29 is 4.79 Å². The van der Waals surface area contributed by atoms with Gasteiger partial charge in [-0.3, -0.25) is 4.79 Å². The highest BCUT2D eigenvalue weighted by Crippen LogP contribution is 2.20. The molecule has 1 aliphatic heterocycles. The molecule has 0 radical (unpaired) electrons. The van der Waals surface area contributed by atoms with Crippen LogP contribution >= 0.6 is 12.2 Å². The summed E-state index contributed by atoms with van der Waals surface area (Å²) < 4.78 is 0. The van der Waals surface area contributed by atoms with Crippen LogP contribution in [0.3, 0.4) is 0 Å². The molecule has 1 aromatic heterocycles. The smallest absolute Gasteiger partial charge is 0.216 e. The molecular weight excluding hydrogens is 274 g/mol. The predicted molar refractivity (Wildman–Crippen MR) is 81.5 cm³/mol. The fourth-order valence-electron chi connectivity index (χ4n) is 2.27. The SMILES string of the molecule is CC(=O)NCC1CCN(c2cnc(C(N)=S)cn2)CC1. The minimum atomic E-state index is 0.0339. The van der Waals surface area contributed by atoms with E-state index >= 15 is 0 Å². The van der Waals surface area contributed by atoms with Gasteiger partial charge in [0.15, 0.2) is 0 Å². The summed E-state index contributed by atoms with van der Waals surface area (Å²) in [6, 6.07) is 0. The number of anilines is 1. The number of thiocarbonyl (C=S) groups is 1. The average molecular weight is 293 g/mol. The van der Waals surface area contributed by atoms with Crippen molar-refractivity contribution in [2.24, 2.45) is 11.7 Å². The van der Waals surface area contributed by atoms with Crippen LogP contribution < -0.4 is 16.0 Å². The fourth-order valence-corrected chi connectivity index (χ4v) is 2.37. The van der Waals surface area contributed by atoms with Crippen molar-refractivity contribution in [3.63, 3.8) is 0 Å². The first-order chi connectivity index (χ1) is 9.56. The molecule has 1 fully saturated rings. The number of hydrogen-bond acceptors (Lipinski definition) is 5. The van der Waals surface area contributed by atoms with Crippen molar-refractivity contribution in [1.29, 1.82) is 0 Å². The molecule has 0 aromatic carbocycles. The van der Waals surface area contributed by atoms with Gasteiger partial charge in [0.25, 0.3) is 0 Å². The van der Waals surface area contributed by atoms with Gasteiger partial charge in [0.05, 0.1) is 12.4 Å². The lowest BCUT2D eigenvalue weighted by atomic mass is 9.97. The van der Waals surface area contributed by atoms with Crippen molar-refractivity contribution in [1.82, 2.24) is 15.3 Å². The second kappa shape index (κ2) is 6.60. The molecule has 0 atom stereocenters. The quantitative estimate of drug-likeness (QED) is 0.785. The van der Waals surface area contributed by atoms with Gasteiger partial charge < -0.3 is 16.0 Å². The van der Waals surface area contributed by atoms with Gasteiger partial charge in [0.1, 0.15) is 16.5 Å². The van der Waals surface area contributed by atoms with Crippen molar-refractivity contribution >= 4 is 28.9 Å². The molecule has 1 aromatic rings. The molecule has 1 saturated heterocycles. The third-order valence-electron chi connectivity index (χ3n) is 3.47. The van der Waals surface area contributed by atoms with E-state index in [0.717, 1.165) is 38.3 Å². The van der Waals surface area contributed by atoms with Crippen molar-refractivity contribution in [3.05, 3.63) is 18.1 Å². The number of hydrogen-bond donors (Lipinski definition) is 2. The lowest BCUT2D eigenvalue weighted by Gasteiger charge is -2.32. The van der Waals surface area contributed by atoms with Crippen LogP contribution in [-0.4, -0.2) is 40.5 Å². The van der Waals surface area contributed by atoms with Gasteiger partial charge in [-0.15, -0.1) is 0 Å². The van der Waals surface area contributed by atoms with Gasteiger partial charge in [-0.05, 0) is 18.8 Å². The van der Waals surface area contributed by atoms with Gasteiger partial charge in [-0.25, -0.2) is 9.97 Å². The summed E-state index contributed by atoms with van der Waals surface area (Å²) in [5.41, 5.74) is 6.04. The summed E-state index contributed by atoms with van der Waals surface area (Å²) in [5, 5.41) is 2.88. The van der Waals surface area contributed by atoms with E-state index in [9.17, 15) is 4.79 Å². The van der Waals surface area contributed by atoms with Gasteiger partial charge in [-0.2, -0.15) is 0 Å². The van der Waals surface area contributed by atoms with E-state index in [2.05, 4.69) is 20.2 Å². The number of piperidine rings is 1. The summed E-state index contributed by atoms with van der Waals surface area (Å²) in [4.78, 5) is 21.9. The second-order valence-corrected chi connectivity index (χ2v) is 5.43. The molecule has 2 rings (SSSR count). The third-order valence-corrected chi connectivity index (χ3v) is 3.68. The summed E-state index contributed by atoms with van der Waals surface area (Å²) in [6.45, 7) is 4.15. The Labute approximate surface area is 123 Å². The lowest BCUT2D eigenvalue weighted by molar-refractivity contribution is -0.119. The van der Waals surface area contributed by atoms with Crippen LogP contribution in [-0.2, 0) is 4.79 Å². The monoisotopic (exact) mass is 293 g/mol. The predicted octanol–water partition coefficient (Wildman–Crippen LogP) is 0.463. The van der Waals surface area contributed by atoms with Crippen LogP contribution in [0.5, 0.6) is 0 Å². The Bertz CT molecular complexity index is 482. The van der Waals surface area contributed by atoms with E-state index in [1.807, 2.05) is 0 Å². The van der Waals surface area contributed by atoms with Crippen LogP contribution in [0.25, 0.3) is 0 Å². The number of nitrogens with two attached hydrogens (primary N) is 1. The number of carbonyl (C=O) groups is 1. The van der Waals surface area contributed by atoms with Crippen LogP contribution in [0.1, 0.15) is 25.5 Å². The number of carbonyl (C=O) groups excluding carboxylic acids is 1. The standard InChI is InChI=1S/C13H19N5OS/c1-9(19)15-6-10-2-4-18(5-3-10)12-8-16-11(7-17-12)13(14)20/h7-8,10H,2-6H2,1H3,(H2,14,20)(H,15,19). The third kappa shape index (κ3) is 3.86. The first kappa shape index (κ1) is 14.6. The highest BCUT2D eigenvalue weighted by molar-refractivity contribution is 7.80. The lowest BCUT2D eigenvalue weighted by Crippen LogP contribution is -2.38. The first-order valence-corrected chi connectivity index (χ1v) is 7.08. The maximum atomic E-state index is 10.9. The highest BCUT2D eigenvalue weighted by Gasteiger charge is 2.20. The molecule has 0 spiro atoms. The van der Waals surface area contributed by atoms with Gasteiger partial charge in [0.2, 0.25) is 5.91 Å². The first-order valence-electron chi connectivity index (χ1n) is 6.67. The Morgan fingerprint density at radius 1 is 1.45 bits per heavy atom. The van der Waals surface area contributed by atoms with E-state index in [1.54, 1.807) is 19.3 Å². The fraction of sp³-hybridized carbons (Fsp3) is 0.538. The molecular formula is C13H19N5OS. The largest absolute Gasteiger partial charge is 0.388 e. The molecule has 0 saturated carbocycles. The Kier molecular flexibility index (Phi) is 4.84. The zero-order valence-corrected chi connectivity index (χ0v) is 12.3. The molecule has 2 heterocycles. The number of amides is 1. The highest BCUT2D eigenvalue weighted by atomic mass is 32.1. The normalized spacial score (nSPS) is 15.9. The van der Waals surface area contributed by atoms with E-state index in [0.29, 0.717) is 11.6 Å². The van der Waals surface area contributed by atoms with E-state index in [-0.39, 0.29) is 10.9 Å². The molecule has 1 aliphatic rings. The molecule has 1 amide bonds. The van der Waals surface area contributed by atoms with E-state index in [4.69, 9.17) is 18.0 Å². The van der Waals surface area contributed by atoms with Crippen LogP contribution in [0.2, 0.25) is 0 Å². The molecule has 108 valence electrons. The van der Waals surface area contributed by atoms with Gasteiger partial charge in [-0.1, -0.05) is 12.2 Å². The zero-order valence-electron chi connectivity index (χ0n) is 11.5. The zero-order chi connectivity index (χ0) is 14.5. The van der Waals surface area contributed by atoms with Gasteiger partial charge >= 0.3 is 0 Å². The van der Waals surface area contributed by atoms with E-state index in [1.165, 1.54) is 0 Å². The number of rotatable bonds is 4. The Hall–Kier alpha value is -1.76. The molecule has 20 heavy (non-hydrogen) atoms. The Balaban J connectivity index is 1.87. The maximum absolute atomic E-state index is 10.9. The Morgan fingerprint density at radius 3 is 2.65 bits per heavy atom. The molecule has 0 aliphatic carbocycles. The second-order valence-electron chi connectivity index (χ2n) is 4.99. The number of aromatic nitrogens is 2. The number of nitrogens with one attached hydrogen (secondary N) is 1. The summed E-state index contributed by atoms with van der Waals surface area (Å²) >= 11 is 4.85. The average Bonchev–Trinajstić information content (AvgIpc) is 2.46. The van der Waals surface area contributed by atoms with Crippen LogP contribution in [0.4, 0.5) is 5.82 Å². The van der Waals surface area contributed by atoms with Crippen molar-refractivity contribution in [2.75, 3.05) is 24.5 Å². The molecule has 3 N–H and O–H groups in total. The van der Waals surface area contributed by atoms with Gasteiger partial charge in [0, 0.05) is 26.6 Å². The van der Waals surface area contributed by atoms with Crippen LogP contribution in [0.15, 0.2) is 12.4 Å². The molecule has 7 heteroatoms.